The summed E-state index contributed by atoms with van der Waals surface area (Å²) in [7, 11) is 2.20. The van der Waals surface area contributed by atoms with Crippen LogP contribution in [0, 0.1) is 0 Å². The summed E-state index contributed by atoms with van der Waals surface area (Å²) in [6.45, 7) is 4.49. The Hall–Kier alpha value is -0.530. The van der Waals surface area contributed by atoms with Gasteiger partial charge in [-0.05, 0) is 37.7 Å². The second kappa shape index (κ2) is 11.2. The van der Waals surface area contributed by atoms with Crippen molar-refractivity contribution >= 4 is 11.6 Å². The molecule has 0 atom stereocenters. The molecule has 0 spiro atoms. The predicted octanol–water partition coefficient (Wildman–Crippen LogP) is 5.91. The molecule has 1 rings (SSSR count). The third-order valence-corrected chi connectivity index (χ3v) is 4.01. The Bertz CT molecular complexity index is 334. The van der Waals surface area contributed by atoms with E-state index >= 15 is 0 Å². The molecule has 0 aliphatic heterocycles. The summed E-state index contributed by atoms with van der Waals surface area (Å²) in [5.41, 5.74) is 1.34. The smallest absolute Gasteiger partial charge is 0.0406 e. The van der Waals surface area contributed by atoms with Crippen LogP contribution in [-0.4, -0.2) is 18.5 Å². The van der Waals surface area contributed by atoms with Gasteiger partial charge in [0, 0.05) is 11.6 Å². The van der Waals surface area contributed by atoms with Crippen molar-refractivity contribution in [3.05, 3.63) is 34.9 Å². The summed E-state index contributed by atoms with van der Waals surface area (Å²) in [4.78, 5) is 2.40. The quantitative estimate of drug-likeness (QED) is 0.459. The fourth-order valence-corrected chi connectivity index (χ4v) is 2.62. The third-order valence-electron chi connectivity index (χ3n) is 3.76. The van der Waals surface area contributed by atoms with Gasteiger partial charge in [-0.1, -0.05) is 75.6 Å². The average Bonchev–Trinajstić information content (AvgIpc) is 2.44. The van der Waals surface area contributed by atoms with Crippen molar-refractivity contribution in [2.75, 3.05) is 13.6 Å². The standard InChI is InChI=1S/C18H30ClN/c1-3-4-5-6-7-8-9-10-15-20(2)16-17-11-13-18(19)14-12-17/h11-14H,3-10,15-16H2,1-2H3. The molecule has 1 aromatic carbocycles. The first-order chi connectivity index (χ1) is 9.72. The maximum absolute atomic E-state index is 5.90. The lowest BCUT2D eigenvalue weighted by Crippen LogP contribution is -2.18. The summed E-state index contributed by atoms with van der Waals surface area (Å²) in [6.07, 6.45) is 11.1. The monoisotopic (exact) mass is 295 g/mol. The Balaban J connectivity index is 2.00. The van der Waals surface area contributed by atoms with E-state index < -0.39 is 0 Å². The zero-order chi connectivity index (χ0) is 14.6. The minimum absolute atomic E-state index is 0.819. The molecule has 1 nitrogen and oxygen atoms in total. The van der Waals surface area contributed by atoms with E-state index in [4.69, 9.17) is 11.6 Å². The van der Waals surface area contributed by atoms with Gasteiger partial charge >= 0.3 is 0 Å². The van der Waals surface area contributed by atoms with Crippen molar-refractivity contribution in [2.45, 2.75) is 64.8 Å². The van der Waals surface area contributed by atoms with Gasteiger partial charge in [-0.2, -0.15) is 0 Å². The van der Waals surface area contributed by atoms with Crippen molar-refractivity contribution in [1.82, 2.24) is 4.90 Å². The normalized spacial score (nSPS) is 11.2. The van der Waals surface area contributed by atoms with Crippen LogP contribution in [0.15, 0.2) is 24.3 Å². The molecule has 0 bridgehead atoms. The van der Waals surface area contributed by atoms with Gasteiger partial charge in [-0.3, -0.25) is 0 Å². The Morgan fingerprint density at radius 2 is 1.40 bits per heavy atom. The molecule has 0 heterocycles. The number of rotatable bonds is 11. The second-order valence-corrected chi connectivity index (χ2v) is 6.28. The van der Waals surface area contributed by atoms with E-state index in [-0.39, 0.29) is 0 Å². The van der Waals surface area contributed by atoms with E-state index in [2.05, 4.69) is 31.0 Å². The number of nitrogens with zero attached hydrogens (tertiary/aromatic N) is 1. The van der Waals surface area contributed by atoms with Gasteiger partial charge in [0.2, 0.25) is 0 Å². The molecule has 0 radical (unpaired) electrons. The molecule has 0 aliphatic carbocycles. The molecule has 20 heavy (non-hydrogen) atoms. The molecule has 2 heteroatoms. The second-order valence-electron chi connectivity index (χ2n) is 5.84. The van der Waals surface area contributed by atoms with Crippen LogP contribution in [0.3, 0.4) is 0 Å². The number of hydrogen-bond donors (Lipinski definition) is 0. The fraction of sp³-hybridized carbons (Fsp3) is 0.667. The van der Waals surface area contributed by atoms with Crippen LogP contribution >= 0.6 is 11.6 Å². The molecule has 0 saturated carbocycles. The zero-order valence-electron chi connectivity index (χ0n) is 13.2. The molecule has 1 aromatic rings. The van der Waals surface area contributed by atoms with Crippen molar-refractivity contribution in [3.63, 3.8) is 0 Å². The van der Waals surface area contributed by atoms with Gasteiger partial charge in [0.05, 0.1) is 0 Å². The molecule has 0 aromatic heterocycles. The Kier molecular flexibility index (Phi) is 9.78. The van der Waals surface area contributed by atoms with Crippen LogP contribution in [0.2, 0.25) is 5.02 Å². The highest BCUT2D eigenvalue weighted by Crippen LogP contribution is 2.12. The van der Waals surface area contributed by atoms with Crippen LogP contribution in [0.5, 0.6) is 0 Å². The summed E-state index contributed by atoms with van der Waals surface area (Å²) < 4.78 is 0. The molecule has 0 unspecified atom stereocenters. The number of halogens is 1. The maximum atomic E-state index is 5.90. The predicted molar refractivity (Wildman–Crippen MR) is 90.4 cm³/mol. The molecular formula is C18H30ClN. The van der Waals surface area contributed by atoms with Gasteiger partial charge in [0.1, 0.15) is 0 Å². The maximum Gasteiger partial charge on any atom is 0.0406 e. The first-order valence-electron chi connectivity index (χ1n) is 8.15. The highest BCUT2D eigenvalue weighted by molar-refractivity contribution is 6.30. The summed E-state index contributed by atoms with van der Waals surface area (Å²) in [5.74, 6) is 0. The Labute approximate surface area is 130 Å². The largest absolute Gasteiger partial charge is 0.302 e. The van der Waals surface area contributed by atoms with E-state index in [1.54, 1.807) is 0 Å². The van der Waals surface area contributed by atoms with Crippen molar-refractivity contribution in [3.8, 4) is 0 Å². The van der Waals surface area contributed by atoms with Gasteiger partial charge < -0.3 is 4.90 Å². The van der Waals surface area contributed by atoms with E-state index in [1.807, 2.05) is 12.1 Å². The topological polar surface area (TPSA) is 3.24 Å². The highest BCUT2D eigenvalue weighted by atomic mass is 35.5. The van der Waals surface area contributed by atoms with Crippen LogP contribution in [0.4, 0.5) is 0 Å². The summed E-state index contributed by atoms with van der Waals surface area (Å²) in [5, 5.41) is 0.819. The zero-order valence-corrected chi connectivity index (χ0v) is 14.0. The van der Waals surface area contributed by atoms with E-state index in [9.17, 15) is 0 Å². The summed E-state index contributed by atoms with van der Waals surface area (Å²) >= 11 is 5.90. The molecular weight excluding hydrogens is 266 g/mol. The van der Waals surface area contributed by atoms with Gasteiger partial charge in [0.25, 0.3) is 0 Å². The lowest BCUT2D eigenvalue weighted by molar-refractivity contribution is 0.316. The molecule has 0 amide bonds. The first kappa shape index (κ1) is 17.5. The number of hydrogen-bond acceptors (Lipinski definition) is 1. The minimum atomic E-state index is 0.819. The minimum Gasteiger partial charge on any atom is -0.302 e. The lowest BCUT2D eigenvalue weighted by atomic mass is 10.1. The highest BCUT2D eigenvalue weighted by Gasteiger charge is 2.00. The SMILES string of the molecule is CCCCCCCCCCN(C)Cc1ccc(Cl)cc1. The third kappa shape index (κ3) is 8.60. The van der Waals surface area contributed by atoms with Gasteiger partial charge in [-0.25, -0.2) is 0 Å². The average molecular weight is 296 g/mol. The fourth-order valence-electron chi connectivity index (χ4n) is 2.50. The van der Waals surface area contributed by atoms with Gasteiger partial charge in [-0.15, -0.1) is 0 Å². The Morgan fingerprint density at radius 1 is 0.850 bits per heavy atom. The van der Waals surface area contributed by atoms with Crippen molar-refractivity contribution in [2.24, 2.45) is 0 Å². The molecule has 0 N–H and O–H groups in total. The molecule has 114 valence electrons. The van der Waals surface area contributed by atoms with Crippen molar-refractivity contribution < 1.29 is 0 Å². The summed E-state index contributed by atoms with van der Waals surface area (Å²) in [6, 6.07) is 8.18. The van der Waals surface area contributed by atoms with Crippen LogP contribution in [-0.2, 0) is 6.54 Å². The molecule has 0 saturated heterocycles. The van der Waals surface area contributed by atoms with Crippen molar-refractivity contribution in [1.29, 1.82) is 0 Å². The number of unbranched alkanes of at least 4 members (excludes halogenated alkanes) is 7. The first-order valence-corrected chi connectivity index (χ1v) is 8.53. The Morgan fingerprint density at radius 3 is 2.00 bits per heavy atom. The van der Waals surface area contributed by atoms with Crippen LogP contribution in [0.25, 0.3) is 0 Å². The van der Waals surface area contributed by atoms with E-state index in [0.717, 1.165) is 11.6 Å². The molecule has 0 aliphatic rings. The van der Waals surface area contributed by atoms with E-state index in [1.165, 1.54) is 63.5 Å². The van der Waals surface area contributed by atoms with Crippen LogP contribution in [0.1, 0.15) is 63.9 Å². The molecule has 0 fully saturated rings. The van der Waals surface area contributed by atoms with Gasteiger partial charge in [0.15, 0.2) is 0 Å². The van der Waals surface area contributed by atoms with Crippen LogP contribution < -0.4 is 0 Å². The number of benzene rings is 1. The van der Waals surface area contributed by atoms with E-state index in [0.29, 0.717) is 0 Å². The lowest BCUT2D eigenvalue weighted by Gasteiger charge is -2.16.